The lowest BCUT2D eigenvalue weighted by Gasteiger charge is -2.02. The molecule has 0 atom stereocenters. The number of fused-ring (bicyclic) bond motifs is 2. The number of hydrogen-bond donors (Lipinski definition) is 0. The van der Waals surface area contributed by atoms with Gasteiger partial charge in [0.05, 0.1) is 10.9 Å². The molecular weight excluding hydrogens is 334 g/mol. The van der Waals surface area contributed by atoms with E-state index in [4.69, 9.17) is 4.42 Å². The van der Waals surface area contributed by atoms with Gasteiger partial charge in [-0.05, 0) is 24.3 Å². The van der Waals surface area contributed by atoms with Crippen LogP contribution in [-0.4, -0.2) is 4.98 Å². The molecule has 3 nitrogen and oxygen atoms in total. The van der Waals surface area contributed by atoms with E-state index in [1.165, 1.54) is 11.5 Å². The Kier molecular flexibility index (Phi) is 4.75. The van der Waals surface area contributed by atoms with Gasteiger partial charge in [-0.3, -0.25) is 9.78 Å². The second-order valence-electron chi connectivity index (χ2n) is 6.03. The van der Waals surface area contributed by atoms with Crippen molar-refractivity contribution in [3.05, 3.63) is 113 Å². The molecule has 0 spiro atoms. The van der Waals surface area contributed by atoms with Crippen LogP contribution in [0.15, 0.2) is 112 Å². The van der Waals surface area contributed by atoms with E-state index in [-0.39, 0.29) is 5.43 Å². The number of hydrogen-bond acceptors (Lipinski definition) is 3. The summed E-state index contributed by atoms with van der Waals surface area (Å²) in [7, 11) is 0. The van der Waals surface area contributed by atoms with E-state index in [2.05, 4.69) is 17.1 Å². The molecule has 0 N–H and O–H groups in total. The van der Waals surface area contributed by atoms with Crippen LogP contribution in [0.4, 0.5) is 0 Å². The van der Waals surface area contributed by atoms with E-state index in [1.54, 1.807) is 6.07 Å². The third-order valence-corrected chi connectivity index (χ3v) is 4.21. The Hall–Kier alpha value is -3.72. The predicted octanol–water partition coefficient (Wildman–Crippen LogP) is 5.69. The first-order valence-corrected chi connectivity index (χ1v) is 8.69. The summed E-state index contributed by atoms with van der Waals surface area (Å²) in [6, 6.07) is 30.5. The average Bonchev–Trinajstić information content (AvgIpc) is 2.75. The van der Waals surface area contributed by atoms with Crippen LogP contribution in [0.1, 0.15) is 0 Å². The predicted molar refractivity (Wildman–Crippen MR) is 110 cm³/mol. The van der Waals surface area contributed by atoms with Gasteiger partial charge in [0.25, 0.3) is 0 Å². The summed E-state index contributed by atoms with van der Waals surface area (Å²) in [4.78, 5) is 16.1. The third-order valence-electron chi connectivity index (χ3n) is 4.21. The van der Waals surface area contributed by atoms with Gasteiger partial charge in [-0.25, -0.2) is 0 Å². The Labute approximate surface area is 156 Å². The first-order valence-electron chi connectivity index (χ1n) is 8.69. The van der Waals surface area contributed by atoms with E-state index in [1.807, 2.05) is 79.0 Å². The van der Waals surface area contributed by atoms with Crippen LogP contribution in [0.2, 0.25) is 0 Å². The van der Waals surface area contributed by atoms with Crippen molar-refractivity contribution in [2.45, 2.75) is 0 Å². The van der Waals surface area contributed by atoms with E-state index < -0.39 is 0 Å². The fourth-order valence-corrected chi connectivity index (χ4v) is 2.86. The van der Waals surface area contributed by atoms with Crippen molar-refractivity contribution in [3.8, 4) is 11.3 Å². The lowest BCUT2D eigenvalue weighted by molar-refractivity contribution is 0.619. The highest BCUT2D eigenvalue weighted by Crippen LogP contribution is 2.21. The summed E-state index contributed by atoms with van der Waals surface area (Å²) in [6.07, 6.45) is 1.81. The molecule has 0 aliphatic carbocycles. The highest BCUT2D eigenvalue weighted by Gasteiger charge is 2.05. The molecule has 0 aliphatic rings. The summed E-state index contributed by atoms with van der Waals surface area (Å²) in [5, 5.41) is 1.82. The van der Waals surface area contributed by atoms with Crippen LogP contribution in [0, 0.1) is 0 Å². The van der Waals surface area contributed by atoms with Crippen molar-refractivity contribution < 1.29 is 4.42 Å². The standard InChI is InChI=1S/C15H10O2.C9H7N/c16-13-10-15(11-6-2-1-3-7-11)17-14-9-5-4-8-12(13)14;1-2-6-9-8(4-1)5-3-7-10-9/h1-10H;1-7H. The monoisotopic (exact) mass is 351 g/mol. The van der Waals surface area contributed by atoms with Gasteiger partial charge in [-0.1, -0.05) is 66.7 Å². The van der Waals surface area contributed by atoms with Crippen LogP contribution in [0.25, 0.3) is 33.2 Å². The summed E-state index contributed by atoms with van der Waals surface area (Å²) in [5.41, 5.74) is 2.59. The van der Waals surface area contributed by atoms with Crippen molar-refractivity contribution in [2.75, 3.05) is 0 Å². The molecule has 2 aromatic heterocycles. The Morgan fingerprint density at radius 3 is 2.26 bits per heavy atom. The Balaban J connectivity index is 0.000000153. The maximum absolute atomic E-state index is 11.9. The molecule has 3 aromatic carbocycles. The molecule has 0 amide bonds. The number of benzene rings is 3. The van der Waals surface area contributed by atoms with Gasteiger partial charge in [0, 0.05) is 23.2 Å². The molecular formula is C24H17NO2. The Morgan fingerprint density at radius 2 is 1.41 bits per heavy atom. The number of pyridine rings is 1. The zero-order chi connectivity index (χ0) is 18.5. The van der Waals surface area contributed by atoms with Crippen molar-refractivity contribution in [3.63, 3.8) is 0 Å². The van der Waals surface area contributed by atoms with Gasteiger partial charge in [-0.2, -0.15) is 0 Å². The lowest BCUT2D eigenvalue weighted by atomic mass is 10.1. The van der Waals surface area contributed by atoms with Crippen LogP contribution >= 0.6 is 0 Å². The minimum Gasteiger partial charge on any atom is -0.456 e. The lowest BCUT2D eigenvalue weighted by Crippen LogP contribution is -1.99. The average molecular weight is 351 g/mol. The minimum atomic E-state index is -0.00861. The maximum Gasteiger partial charge on any atom is 0.193 e. The minimum absolute atomic E-state index is 0.00861. The van der Waals surface area contributed by atoms with Crippen LogP contribution in [0.3, 0.4) is 0 Å². The van der Waals surface area contributed by atoms with E-state index in [9.17, 15) is 4.79 Å². The van der Waals surface area contributed by atoms with Crippen molar-refractivity contribution in [1.29, 1.82) is 0 Å². The number of para-hydroxylation sites is 2. The van der Waals surface area contributed by atoms with E-state index in [0.717, 1.165) is 11.1 Å². The molecule has 5 rings (SSSR count). The van der Waals surface area contributed by atoms with Gasteiger partial charge in [0.2, 0.25) is 0 Å². The summed E-state index contributed by atoms with van der Waals surface area (Å²) in [6.45, 7) is 0. The fourth-order valence-electron chi connectivity index (χ4n) is 2.86. The molecule has 0 radical (unpaired) electrons. The number of aromatic nitrogens is 1. The van der Waals surface area contributed by atoms with Crippen molar-refractivity contribution in [1.82, 2.24) is 4.98 Å². The molecule has 5 aromatic rings. The zero-order valence-electron chi connectivity index (χ0n) is 14.6. The highest BCUT2D eigenvalue weighted by atomic mass is 16.3. The van der Waals surface area contributed by atoms with Crippen molar-refractivity contribution in [2.24, 2.45) is 0 Å². The molecule has 2 heterocycles. The smallest absolute Gasteiger partial charge is 0.193 e. The quantitative estimate of drug-likeness (QED) is 0.389. The first-order chi connectivity index (χ1) is 13.3. The molecule has 0 saturated carbocycles. The SMILES string of the molecule is O=c1cc(-c2ccccc2)oc2ccccc12.c1ccc2ncccc2c1. The van der Waals surface area contributed by atoms with Gasteiger partial charge < -0.3 is 4.42 Å². The van der Waals surface area contributed by atoms with Gasteiger partial charge >= 0.3 is 0 Å². The first kappa shape index (κ1) is 16.7. The van der Waals surface area contributed by atoms with E-state index >= 15 is 0 Å². The third kappa shape index (κ3) is 3.77. The largest absolute Gasteiger partial charge is 0.456 e. The Bertz CT molecular complexity index is 1180. The molecule has 0 saturated heterocycles. The van der Waals surface area contributed by atoms with Crippen LogP contribution < -0.4 is 5.43 Å². The summed E-state index contributed by atoms with van der Waals surface area (Å²) < 4.78 is 5.73. The normalized spacial score (nSPS) is 10.4. The van der Waals surface area contributed by atoms with Gasteiger partial charge in [0.1, 0.15) is 11.3 Å². The molecule has 3 heteroatoms. The summed E-state index contributed by atoms with van der Waals surface area (Å²) in [5.74, 6) is 0.606. The molecule has 27 heavy (non-hydrogen) atoms. The van der Waals surface area contributed by atoms with Gasteiger partial charge in [0.15, 0.2) is 5.43 Å². The Morgan fingerprint density at radius 1 is 0.704 bits per heavy atom. The number of nitrogens with zero attached hydrogens (tertiary/aromatic N) is 1. The topological polar surface area (TPSA) is 43.1 Å². The number of rotatable bonds is 1. The molecule has 0 unspecified atom stereocenters. The summed E-state index contributed by atoms with van der Waals surface area (Å²) >= 11 is 0. The van der Waals surface area contributed by atoms with E-state index in [0.29, 0.717) is 16.7 Å². The molecule has 0 bridgehead atoms. The highest BCUT2D eigenvalue weighted by molar-refractivity contribution is 5.78. The molecule has 0 aliphatic heterocycles. The van der Waals surface area contributed by atoms with Crippen LogP contribution in [0.5, 0.6) is 0 Å². The molecule has 130 valence electrons. The maximum atomic E-state index is 11.9. The second-order valence-corrected chi connectivity index (χ2v) is 6.03. The fraction of sp³-hybridized carbons (Fsp3) is 0. The zero-order valence-corrected chi connectivity index (χ0v) is 14.6. The van der Waals surface area contributed by atoms with Crippen LogP contribution in [-0.2, 0) is 0 Å². The van der Waals surface area contributed by atoms with Gasteiger partial charge in [-0.15, -0.1) is 0 Å². The molecule has 0 fully saturated rings. The van der Waals surface area contributed by atoms with Crippen molar-refractivity contribution >= 4 is 21.9 Å². The second kappa shape index (κ2) is 7.67.